The van der Waals surface area contributed by atoms with E-state index in [0.717, 1.165) is 0 Å². The molecule has 1 heterocycles. The number of rotatable bonds is 2. The van der Waals surface area contributed by atoms with Crippen LogP contribution in [0.2, 0.25) is 0 Å². The topological polar surface area (TPSA) is 69.7 Å². The van der Waals surface area contributed by atoms with Crippen LogP contribution < -0.4 is 4.74 Å². The van der Waals surface area contributed by atoms with E-state index < -0.39 is 0 Å². The lowest BCUT2D eigenvalue weighted by molar-refractivity contribution is 0.462. The minimum absolute atomic E-state index is 0.243. The van der Waals surface area contributed by atoms with Gasteiger partial charge in [-0.25, -0.2) is 4.98 Å². The first-order valence-corrected chi connectivity index (χ1v) is 4.86. The van der Waals surface area contributed by atoms with Gasteiger partial charge in [0, 0.05) is 6.07 Å². The molecule has 0 radical (unpaired) electrons. The van der Waals surface area contributed by atoms with Gasteiger partial charge in [-0.2, -0.15) is 10.5 Å². The summed E-state index contributed by atoms with van der Waals surface area (Å²) in [7, 11) is 0. The molecule has 1 aromatic heterocycles. The van der Waals surface area contributed by atoms with E-state index in [2.05, 4.69) is 4.98 Å². The Morgan fingerprint density at radius 3 is 2.35 bits per heavy atom. The van der Waals surface area contributed by atoms with Crippen molar-refractivity contribution >= 4 is 0 Å². The summed E-state index contributed by atoms with van der Waals surface area (Å²) < 4.78 is 5.45. The molecule has 0 N–H and O–H groups in total. The maximum Gasteiger partial charge on any atom is 0.220 e. The lowest BCUT2D eigenvalue weighted by Gasteiger charge is -2.04. The van der Waals surface area contributed by atoms with Crippen molar-refractivity contribution in [2.45, 2.75) is 0 Å². The average molecular weight is 221 g/mol. The highest BCUT2D eigenvalue weighted by atomic mass is 16.5. The molecule has 2 rings (SSSR count). The zero-order chi connectivity index (χ0) is 12.1. The molecule has 0 spiro atoms. The fourth-order valence-electron chi connectivity index (χ4n) is 1.28. The van der Waals surface area contributed by atoms with Crippen molar-refractivity contribution in [2.75, 3.05) is 0 Å². The van der Waals surface area contributed by atoms with E-state index in [9.17, 15) is 0 Å². The molecule has 80 valence electrons. The smallest absolute Gasteiger partial charge is 0.220 e. The van der Waals surface area contributed by atoms with Crippen LogP contribution in [0.15, 0.2) is 42.6 Å². The van der Waals surface area contributed by atoms with Gasteiger partial charge in [0.2, 0.25) is 5.88 Å². The Balaban J connectivity index is 2.30. The molecule has 0 aliphatic carbocycles. The zero-order valence-corrected chi connectivity index (χ0v) is 8.79. The average Bonchev–Trinajstić information content (AvgIpc) is 2.40. The van der Waals surface area contributed by atoms with Crippen molar-refractivity contribution in [1.82, 2.24) is 4.98 Å². The van der Waals surface area contributed by atoms with Crippen LogP contribution in [0.25, 0.3) is 0 Å². The minimum atomic E-state index is 0.243. The summed E-state index contributed by atoms with van der Waals surface area (Å²) in [6.07, 6.45) is 1.33. The van der Waals surface area contributed by atoms with E-state index in [1.54, 1.807) is 12.1 Å². The van der Waals surface area contributed by atoms with Gasteiger partial charge in [-0.3, -0.25) is 0 Å². The highest BCUT2D eigenvalue weighted by molar-refractivity contribution is 5.46. The Kier molecular flexibility index (Phi) is 3.00. The van der Waals surface area contributed by atoms with E-state index in [0.29, 0.717) is 11.6 Å². The monoisotopic (exact) mass is 221 g/mol. The maximum atomic E-state index is 8.86. The summed E-state index contributed by atoms with van der Waals surface area (Å²) in [5.41, 5.74) is 0.501. The van der Waals surface area contributed by atoms with Crippen LogP contribution in [0.3, 0.4) is 0 Å². The second kappa shape index (κ2) is 4.78. The lowest BCUT2D eigenvalue weighted by Crippen LogP contribution is -1.91. The third-order valence-corrected chi connectivity index (χ3v) is 2.09. The van der Waals surface area contributed by atoms with Gasteiger partial charge in [-0.15, -0.1) is 0 Å². The van der Waals surface area contributed by atoms with Crippen molar-refractivity contribution in [3.05, 3.63) is 53.7 Å². The first-order chi connectivity index (χ1) is 8.33. The fourth-order valence-corrected chi connectivity index (χ4v) is 1.28. The normalized spacial score (nSPS) is 9.06. The molecule has 0 saturated heterocycles. The number of nitrogens with zero attached hydrogens (tertiary/aromatic N) is 3. The summed E-state index contributed by atoms with van der Waals surface area (Å²) >= 11 is 0. The number of hydrogen-bond donors (Lipinski definition) is 0. The molecule has 0 aliphatic heterocycles. The Bertz CT molecular complexity index is 609. The number of para-hydroxylation sites is 1. The Morgan fingerprint density at radius 2 is 1.71 bits per heavy atom. The van der Waals surface area contributed by atoms with Gasteiger partial charge in [0.25, 0.3) is 0 Å². The second-order valence-electron chi connectivity index (χ2n) is 3.21. The molecule has 2 aromatic rings. The SMILES string of the molecule is N#Cc1cnc(Oc2ccccc2)cc1C#N. The van der Waals surface area contributed by atoms with Gasteiger partial charge in [0.05, 0.1) is 17.3 Å². The number of aromatic nitrogens is 1. The van der Waals surface area contributed by atoms with E-state index in [-0.39, 0.29) is 11.1 Å². The van der Waals surface area contributed by atoms with E-state index in [1.165, 1.54) is 12.3 Å². The van der Waals surface area contributed by atoms with Crippen LogP contribution in [-0.4, -0.2) is 4.98 Å². The van der Waals surface area contributed by atoms with Gasteiger partial charge in [-0.1, -0.05) is 18.2 Å². The second-order valence-corrected chi connectivity index (χ2v) is 3.21. The molecule has 4 nitrogen and oxygen atoms in total. The third-order valence-electron chi connectivity index (χ3n) is 2.09. The van der Waals surface area contributed by atoms with Crippen molar-refractivity contribution < 1.29 is 4.74 Å². The molecule has 0 aliphatic rings. The predicted octanol–water partition coefficient (Wildman–Crippen LogP) is 2.62. The van der Waals surface area contributed by atoms with E-state index >= 15 is 0 Å². The van der Waals surface area contributed by atoms with Gasteiger partial charge in [0.15, 0.2) is 0 Å². The summed E-state index contributed by atoms with van der Waals surface area (Å²) in [6, 6.07) is 14.4. The molecule has 17 heavy (non-hydrogen) atoms. The highest BCUT2D eigenvalue weighted by Gasteiger charge is 2.05. The summed E-state index contributed by atoms with van der Waals surface area (Å²) in [5, 5.41) is 17.6. The minimum Gasteiger partial charge on any atom is -0.439 e. The highest BCUT2D eigenvalue weighted by Crippen LogP contribution is 2.20. The zero-order valence-electron chi connectivity index (χ0n) is 8.79. The Morgan fingerprint density at radius 1 is 1.00 bits per heavy atom. The quantitative estimate of drug-likeness (QED) is 0.781. The van der Waals surface area contributed by atoms with Crippen molar-refractivity contribution in [1.29, 1.82) is 10.5 Å². The summed E-state index contributed by atoms with van der Waals surface area (Å²) in [5.74, 6) is 0.931. The van der Waals surface area contributed by atoms with Crippen molar-refractivity contribution in [2.24, 2.45) is 0 Å². The lowest BCUT2D eigenvalue weighted by atomic mass is 10.2. The summed E-state index contributed by atoms with van der Waals surface area (Å²) in [6.45, 7) is 0. The fraction of sp³-hybridized carbons (Fsp3) is 0. The molecule has 0 fully saturated rings. The largest absolute Gasteiger partial charge is 0.439 e. The van der Waals surface area contributed by atoms with Gasteiger partial charge >= 0.3 is 0 Å². The molecule has 0 unspecified atom stereocenters. The first-order valence-electron chi connectivity index (χ1n) is 4.86. The molecule has 0 atom stereocenters. The Labute approximate surface area is 98.3 Å². The Hall–Kier alpha value is -2.85. The molecule has 0 saturated carbocycles. The molecular formula is C13H7N3O. The third kappa shape index (κ3) is 2.39. The van der Waals surface area contributed by atoms with Crippen molar-refractivity contribution in [3.63, 3.8) is 0 Å². The number of benzene rings is 1. The van der Waals surface area contributed by atoms with Crippen molar-refractivity contribution in [3.8, 4) is 23.8 Å². The summed E-state index contributed by atoms with van der Waals surface area (Å²) in [4.78, 5) is 3.96. The van der Waals surface area contributed by atoms with Crippen LogP contribution >= 0.6 is 0 Å². The molecular weight excluding hydrogens is 214 g/mol. The van der Waals surface area contributed by atoms with Gasteiger partial charge in [-0.05, 0) is 12.1 Å². The predicted molar refractivity (Wildman–Crippen MR) is 60.2 cm³/mol. The van der Waals surface area contributed by atoms with Gasteiger partial charge in [0.1, 0.15) is 17.9 Å². The molecule has 0 amide bonds. The van der Waals surface area contributed by atoms with E-state index in [1.807, 2.05) is 30.3 Å². The molecule has 1 aromatic carbocycles. The van der Waals surface area contributed by atoms with Gasteiger partial charge < -0.3 is 4.74 Å². The molecule has 4 heteroatoms. The van der Waals surface area contributed by atoms with Crippen LogP contribution in [0.1, 0.15) is 11.1 Å². The van der Waals surface area contributed by atoms with E-state index in [4.69, 9.17) is 15.3 Å². The first kappa shape index (κ1) is 10.7. The van der Waals surface area contributed by atoms with Crippen LogP contribution in [0, 0.1) is 22.7 Å². The number of ether oxygens (including phenoxy) is 1. The number of nitriles is 2. The number of hydrogen-bond acceptors (Lipinski definition) is 4. The molecule has 0 bridgehead atoms. The van der Waals surface area contributed by atoms with Crippen LogP contribution in [0.4, 0.5) is 0 Å². The standard InChI is InChI=1S/C13H7N3O/c14-7-10-6-13(16-9-11(10)8-15)17-12-4-2-1-3-5-12/h1-6,9H. The van der Waals surface area contributed by atoms with Crippen LogP contribution in [0.5, 0.6) is 11.6 Å². The van der Waals surface area contributed by atoms with Crippen LogP contribution in [-0.2, 0) is 0 Å². The maximum absolute atomic E-state index is 8.86. The number of pyridine rings is 1.